The molecule has 6 heteroatoms. The molecule has 1 saturated carbocycles. The summed E-state index contributed by atoms with van der Waals surface area (Å²) in [7, 11) is 2.00. The zero-order valence-corrected chi connectivity index (χ0v) is 13.7. The summed E-state index contributed by atoms with van der Waals surface area (Å²) in [6.07, 6.45) is 4.45. The summed E-state index contributed by atoms with van der Waals surface area (Å²) in [6, 6.07) is 4.26. The Morgan fingerprint density at radius 1 is 1.38 bits per heavy atom. The Bertz CT molecular complexity index is 583. The van der Waals surface area contributed by atoms with Crippen molar-refractivity contribution in [2.45, 2.75) is 45.7 Å². The molecule has 0 amide bonds. The van der Waals surface area contributed by atoms with Gasteiger partial charge in [0.25, 0.3) is 0 Å². The van der Waals surface area contributed by atoms with Crippen LogP contribution in [-0.4, -0.2) is 19.6 Å². The minimum Gasteiger partial charge on any atom is -0.365 e. The largest absolute Gasteiger partial charge is 0.365 e. The van der Waals surface area contributed by atoms with Crippen molar-refractivity contribution < 1.29 is 0 Å². The molecule has 116 valence electrons. The SMILES string of the molecule is CC(C)Cn1nccc1CNc1cc(C2CC2)nn1C.Cl. The number of anilines is 1. The lowest BCUT2D eigenvalue weighted by atomic mass is 10.2. The van der Waals surface area contributed by atoms with E-state index in [1.54, 1.807) is 0 Å². The van der Waals surface area contributed by atoms with Gasteiger partial charge in [-0.3, -0.25) is 9.36 Å². The first-order chi connectivity index (χ1) is 9.63. The lowest BCUT2D eigenvalue weighted by Gasteiger charge is -2.11. The number of aryl methyl sites for hydroxylation is 1. The van der Waals surface area contributed by atoms with Crippen molar-refractivity contribution in [3.05, 3.63) is 29.7 Å². The third-order valence-electron chi connectivity index (χ3n) is 3.69. The number of hydrogen-bond acceptors (Lipinski definition) is 3. The van der Waals surface area contributed by atoms with Crippen LogP contribution in [0.4, 0.5) is 5.82 Å². The molecule has 0 unspecified atom stereocenters. The predicted molar refractivity (Wildman–Crippen MR) is 86.8 cm³/mol. The molecule has 0 atom stereocenters. The number of halogens is 1. The smallest absolute Gasteiger partial charge is 0.124 e. The number of nitrogens with one attached hydrogen (secondary N) is 1. The highest BCUT2D eigenvalue weighted by molar-refractivity contribution is 5.85. The molecular formula is C15H24ClN5. The van der Waals surface area contributed by atoms with Gasteiger partial charge < -0.3 is 5.32 Å². The average molecular weight is 310 g/mol. The first-order valence-corrected chi connectivity index (χ1v) is 7.42. The molecule has 0 radical (unpaired) electrons. The maximum absolute atomic E-state index is 4.58. The van der Waals surface area contributed by atoms with Crippen LogP contribution in [0.2, 0.25) is 0 Å². The molecular weight excluding hydrogens is 286 g/mol. The van der Waals surface area contributed by atoms with Crippen molar-refractivity contribution in [3.8, 4) is 0 Å². The van der Waals surface area contributed by atoms with Crippen LogP contribution >= 0.6 is 12.4 Å². The van der Waals surface area contributed by atoms with Crippen LogP contribution in [0.15, 0.2) is 18.3 Å². The van der Waals surface area contributed by atoms with Gasteiger partial charge >= 0.3 is 0 Å². The van der Waals surface area contributed by atoms with Gasteiger partial charge in [0.05, 0.1) is 17.9 Å². The average Bonchev–Trinajstić information content (AvgIpc) is 3.05. The van der Waals surface area contributed by atoms with E-state index in [-0.39, 0.29) is 12.4 Å². The van der Waals surface area contributed by atoms with E-state index in [2.05, 4.69) is 46.2 Å². The Kier molecular flexibility index (Phi) is 4.93. The van der Waals surface area contributed by atoms with E-state index in [0.717, 1.165) is 18.9 Å². The standard InChI is InChI=1S/C15H23N5.ClH/c1-11(2)10-20-13(6-7-17-20)9-16-15-8-14(12-4-5-12)18-19(15)3;/h6-8,11-12,16H,4-5,9-10H2,1-3H3;1H. The van der Waals surface area contributed by atoms with E-state index < -0.39 is 0 Å². The second-order valence-corrected chi connectivity index (χ2v) is 6.10. The van der Waals surface area contributed by atoms with Gasteiger partial charge in [0.2, 0.25) is 0 Å². The number of hydrogen-bond donors (Lipinski definition) is 1. The lowest BCUT2D eigenvalue weighted by molar-refractivity contribution is 0.470. The van der Waals surface area contributed by atoms with Crippen molar-refractivity contribution in [2.75, 3.05) is 5.32 Å². The molecule has 2 aromatic heterocycles. The van der Waals surface area contributed by atoms with E-state index >= 15 is 0 Å². The van der Waals surface area contributed by atoms with Gasteiger partial charge in [-0.1, -0.05) is 13.8 Å². The second-order valence-electron chi connectivity index (χ2n) is 6.10. The molecule has 0 bridgehead atoms. The fourth-order valence-electron chi connectivity index (χ4n) is 2.44. The highest BCUT2D eigenvalue weighted by Gasteiger charge is 2.26. The summed E-state index contributed by atoms with van der Waals surface area (Å²) in [4.78, 5) is 0. The van der Waals surface area contributed by atoms with Crippen LogP contribution in [0.25, 0.3) is 0 Å². The molecule has 3 rings (SSSR count). The van der Waals surface area contributed by atoms with Gasteiger partial charge in [0, 0.05) is 31.8 Å². The van der Waals surface area contributed by atoms with Crippen molar-refractivity contribution >= 4 is 18.2 Å². The third-order valence-corrected chi connectivity index (χ3v) is 3.69. The zero-order chi connectivity index (χ0) is 14.1. The van der Waals surface area contributed by atoms with Gasteiger partial charge in [0.1, 0.15) is 5.82 Å². The minimum atomic E-state index is 0. The van der Waals surface area contributed by atoms with Gasteiger partial charge in [-0.25, -0.2) is 0 Å². The molecule has 0 saturated heterocycles. The quantitative estimate of drug-likeness (QED) is 0.891. The van der Waals surface area contributed by atoms with Crippen LogP contribution in [0.1, 0.15) is 44.0 Å². The molecule has 1 N–H and O–H groups in total. The Balaban J connectivity index is 0.00000161. The van der Waals surface area contributed by atoms with Gasteiger partial charge in [-0.15, -0.1) is 12.4 Å². The fraction of sp³-hybridized carbons (Fsp3) is 0.600. The van der Waals surface area contributed by atoms with E-state index in [1.807, 2.05) is 17.9 Å². The molecule has 2 aromatic rings. The normalized spacial score (nSPS) is 14.3. The Morgan fingerprint density at radius 2 is 2.14 bits per heavy atom. The monoisotopic (exact) mass is 309 g/mol. The van der Waals surface area contributed by atoms with Crippen molar-refractivity contribution in [2.24, 2.45) is 13.0 Å². The van der Waals surface area contributed by atoms with E-state index in [1.165, 1.54) is 24.2 Å². The minimum absolute atomic E-state index is 0. The molecule has 5 nitrogen and oxygen atoms in total. The van der Waals surface area contributed by atoms with Crippen molar-refractivity contribution in [1.82, 2.24) is 19.6 Å². The maximum Gasteiger partial charge on any atom is 0.124 e. The van der Waals surface area contributed by atoms with Gasteiger partial charge in [-0.05, 0) is 24.8 Å². The van der Waals surface area contributed by atoms with Gasteiger partial charge in [0.15, 0.2) is 0 Å². The molecule has 0 aromatic carbocycles. The summed E-state index contributed by atoms with van der Waals surface area (Å²) < 4.78 is 4.02. The Morgan fingerprint density at radius 3 is 2.81 bits per heavy atom. The summed E-state index contributed by atoms with van der Waals surface area (Å²) in [5.74, 6) is 2.39. The summed E-state index contributed by atoms with van der Waals surface area (Å²) in [6.45, 7) is 6.17. The van der Waals surface area contributed by atoms with Crippen LogP contribution < -0.4 is 5.32 Å². The second kappa shape index (κ2) is 6.52. The maximum atomic E-state index is 4.58. The van der Waals surface area contributed by atoms with Crippen molar-refractivity contribution in [1.29, 1.82) is 0 Å². The van der Waals surface area contributed by atoms with E-state index in [4.69, 9.17) is 0 Å². The first-order valence-electron chi connectivity index (χ1n) is 7.42. The Labute approximate surface area is 132 Å². The molecule has 1 fully saturated rings. The fourth-order valence-corrected chi connectivity index (χ4v) is 2.44. The zero-order valence-electron chi connectivity index (χ0n) is 12.9. The van der Waals surface area contributed by atoms with E-state index in [0.29, 0.717) is 11.8 Å². The molecule has 0 spiro atoms. The van der Waals surface area contributed by atoms with Crippen molar-refractivity contribution in [3.63, 3.8) is 0 Å². The predicted octanol–water partition coefficient (Wildman–Crippen LogP) is 3.18. The highest BCUT2D eigenvalue weighted by Crippen LogP contribution is 2.39. The number of aromatic nitrogens is 4. The van der Waals surface area contributed by atoms with Gasteiger partial charge in [-0.2, -0.15) is 10.2 Å². The molecule has 21 heavy (non-hydrogen) atoms. The molecule has 0 aliphatic heterocycles. The summed E-state index contributed by atoms with van der Waals surface area (Å²) in [5, 5.41) is 12.4. The summed E-state index contributed by atoms with van der Waals surface area (Å²) >= 11 is 0. The summed E-state index contributed by atoms with van der Waals surface area (Å²) in [5.41, 5.74) is 2.44. The Hall–Kier alpha value is -1.49. The number of nitrogens with zero attached hydrogens (tertiary/aromatic N) is 4. The highest BCUT2D eigenvalue weighted by atomic mass is 35.5. The molecule has 1 aliphatic rings. The third kappa shape index (κ3) is 3.79. The van der Waals surface area contributed by atoms with E-state index in [9.17, 15) is 0 Å². The number of rotatable bonds is 6. The molecule has 1 aliphatic carbocycles. The van der Waals surface area contributed by atoms with Crippen LogP contribution in [0.3, 0.4) is 0 Å². The molecule has 2 heterocycles. The van der Waals surface area contributed by atoms with Crippen LogP contribution in [-0.2, 0) is 20.1 Å². The topological polar surface area (TPSA) is 47.7 Å². The first kappa shape index (κ1) is 15.9. The van der Waals surface area contributed by atoms with Crippen LogP contribution in [0.5, 0.6) is 0 Å². The van der Waals surface area contributed by atoms with Crippen LogP contribution in [0, 0.1) is 5.92 Å². The lowest BCUT2D eigenvalue weighted by Crippen LogP contribution is -2.13.